The smallest absolute Gasteiger partial charge is 0.315 e. The molecule has 0 spiro atoms. The first kappa shape index (κ1) is 11.6. The second-order valence-electron chi connectivity index (χ2n) is 3.06. The first-order valence-corrected chi connectivity index (χ1v) is 4.73. The molecule has 0 unspecified atom stereocenters. The van der Waals surface area contributed by atoms with Crippen molar-refractivity contribution < 1.29 is 14.4 Å². The minimum atomic E-state index is -0.914. The molecule has 1 fully saturated rings. The maximum Gasteiger partial charge on any atom is 0.315 e. The van der Waals surface area contributed by atoms with Crippen molar-refractivity contribution in [2.24, 2.45) is 0 Å². The Bertz CT molecular complexity index is 267. The highest BCUT2D eigenvalue weighted by molar-refractivity contribution is 6.37. The van der Waals surface area contributed by atoms with Gasteiger partial charge >= 0.3 is 11.8 Å². The molecule has 84 valence electrons. The minimum Gasteiger partial charge on any atom is -0.347 e. The van der Waals surface area contributed by atoms with Gasteiger partial charge in [0.1, 0.15) is 0 Å². The molecule has 0 aromatic heterocycles. The van der Waals surface area contributed by atoms with Gasteiger partial charge in [0.05, 0.1) is 6.54 Å². The van der Waals surface area contributed by atoms with Crippen molar-refractivity contribution in [2.75, 3.05) is 32.7 Å². The fourth-order valence-corrected chi connectivity index (χ4v) is 1.08. The number of rotatable bonds is 0. The van der Waals surface area contributed by atoms with E-state index in [4.69, 9.17) is 0 Å². The highest BCUT2D eigenvalue weighted by Crippen LogP contribution is 1.73. The van der Waals surface area contributed by atoms with Gasteiger partial charge in [0.25, 0.3) is 0 Å². The zero-order valence-electron chi connectivity index (χ0n) is 8.26. The molecule has 1 saturated heterocycles. The Kier molecular flexibility index (Phi) is 4.72. The molecule has 1 aliphatic heterocycles. The number of nitrogens with one attached hydrogen (secondary N) is 4. The summed E-state index contributed by atoms with van der Waals surface area (Å²) < 4.78 is 0. The van der Waals surface area contributed by atoms with E-state index in [0.29, 0.717) is 26.2 Å². The van der Waals surface area contributed by atoms with Crippen molar-refractivity contribution in [1.82, 2.24) is 21.3 Å². The Morgan fingerprint density at radius 2 is 1.47 bits per heavy atom. The number of hydrogen-bond acceptors (Lipinski definition) is 5. The summed E-state index contributed by atoms with van der Waals surface area (Å²) >= 11 is 0. The summed E-state index contributed by atoms with van der Waals surface area (Å²) in [6.45, 7) is 2.32. The number of amides is 3. The van der Waals surface area contributed by atoms with E-state index in [1.807, 2.05) is 5.32 Å². The highest BCUT2D eigenvalue weighted by Gasteiger charge is 2.15. The molecule has 15 heavy (non-hydrogen) atoms. The number of hydrogen-bond donors (Lipinski definition) is 4. The third-order valence-electron chi connectivity index (χ3n) is 1.81. The predicted octanol–water partition coefficient (Wildman–Crippen LogP) is -3.06. The van der Waals surface area contributed by atoms with Crippen LogP contribution in [0.4, 0.5) is 0 Å². The van der Waals surface area contributed by atoms with E-state index >= 15 is 0 Å². The van der Waals surface area contributed by atoms with Crippen molar-refractivity contribution in [1.29, 1.82) is 0 Å². The molecule has 0 aromatic carbocycles. The Morgan fingerprint density at radius 3 is 2.27 bits per heavy atom. The molecule has 0 bridgehead atoms. The molecule has 0 radical (unpaired) electrons. The van der Waals surface area contributed by atoms with Crippen molar-refractivity contribution in [3.05, 3.63) is 0 Å². The molecule has 3 amide bonds. The number of carbonyl (C=O) groups is 3. The molecule has 0 aromatic rings. The van der Waals surface area contributed by atoms with Crippen LogP contribution in [0.5, 0.6) is 0 Å². The summed E-state index contributed by atoms with van der Waals surface area (Å²) in [6, 6.07) is 0. The van der Waals surface area contributed by atoms with Gasteiger partial charge in [0.2, 0.25) is 5.91 Å². The van der Waals surface area contributed by atoms with Gasteiger partial charge in [-0.2, -0.15) is 0 Å². The van der Waals surface area contributed by atoms with E-state index in [1.165, 1.54) is 0 Å². The normalized spacial score (nSPS) is 20.9. The Labute approximate surface area is 87.0 Å². The predicted molar refractivity (Wildman–Crippen MR) is 51.9 cm³/mol. The molecule has 0 aliphatic carbocycles. The molecule has 0 saturated carbocycles. The molecule has 1 heterocycles. The second kappa shape index (κ2) is 6.10. The average molecular weight is 214 g/mol. The summed E-state index contributed by atoms with van der Waals surface area (Å²) in [5.74, 6) is -2.20. The molecule has 0 atom stereocenters. The van der Waals surface area contributed by atoms with Crippen LogP contribution in [0.25, 0.3) is 0 Å². The lowest BCUT2D eigenvalue weighted by Crippen LogP contribution is -2.48. The zero-order chi connectivity index (χ0) is 11.1. The molecular weight excluding hydrogens is 200 g/mol. The maximum absolute atomic E-state index is 11.1. The average Bonchev–Trinajstić information content (AvgIpc) is 2.19. The SMILES string of the molecule is O=C1CNCCNCCNC(=O)C(=O)N1. The van der Waals surface area contributed by atoms with Gasteiger partial charge in [0, 0.05) is 26.2 Å². The standard InChI is InChI=1S/C8H14N4O3/c13-6-5-10-2-1-9-3-4-11-7(14)8(15)12-6/h9-10H,1-5H2,(H,11,14)(H,12,13,15). The van der Waals surface area contributed by atoms with Crippen molar-refractivity contribution in [3.63, 3.8) is 0 Å². The quantitative estimate of drug-likeness (QED) is 0.253. The van der Waals surface area contributed by atoms with Crippen LogP contribution < -0.4 is 21.3 Å². The lowest BCUT2D eigenvalue weighted by atomic mass is 10.4. The van der Waals surface area contributed by atoms with E-state index in [0.717, 1.165) is 0 Å². The molecular formula is C8H14N4O3. The van der Waals surface area contributed by atoms with E-state index in [9.17, 15) is 14.4 Å². The van der Waals surface area contributed by atoms with Crippen molar-refractivity contribution in [3.8, 4) is 0 Å². The van der Waals surface area contributed by atoms with Crippen LogP contribution in [0.15, 0.2) is 0 Å². The Balaban J connectivity index is 2.46. The minimum absolute atomic E-state index is 0.0285. The largest absolute Gasteiger partial charge is 0.347 e. The van der Waals surface area contributed by atoms with Crippen molar-refractivity contribution >= 4 is 17.7 Å². The first-order valence-electron chi connectivity index (χ1n) is 4.73. The molecule has 7 nitrogen and oxygen atoms in total. The van der Waals surface area contributed by atoms with Gasteiger partial charge in [-0.15, -0.1) is 0 Å². The topological polar surface area (TPSA) is 99.3 Å². The van der Waals surface area contributed by atoms with Crippen LogP contribution in [0.2, 0.25) is 0 Å². The first-order chi connectivity index (χ1) is 7.20. The molecule has 4 N–H and O–H groups in total. The number of imide groups is 1. The summed E-state index contributed by atoms with van der Waals surface area (Å²) in [7, 11) is 0. The molecule has 1 aliphatic rings. The Morgan fingerprint density at radius 1 is 0.800 bits per heavy atom. The lowest BCUT2D eigenvalue weighted by molar-refractivity contribution is -0.142. The summed E-state index contributed by atoms with van der Waals surface area (Å²) in [6.07, 6.45) is 0. The monoisotopic (exact) mass is 214 g/mol. The van der Waals surface area contributed by atoms with E-state index in [2.05, 4.69) is 16.0 Å². The Hall–Kier alpha value is -1.47. The van der Waals surface area contributed by atoms with Crippen LogP contribution in [-0.4, -0.2) is 50.4 Å². The van der Waals surface area contributed by atoms with Gasteiger partial charge < -0.3 is 16.0 Å². The maximum atomic E-state index is 11.1. The highest BCUT2D eigenvalue weighted by atomic mass is 16.2. The van der Waals surface area contributed by atoms with Gasteiger partial charge in [-0.05, 0) is 0 Å². The van der Waals surface area contributed by atoms with Crippen LogP contribution in [-0.2, 0) is 14.4 Å². The van der Waals surface area contributed by atoms with Crippen LogP contribution in [0, 0.1) is 0 Å². The lowest BCUT2D eigenvalue weighted by Gasteiger charge is -2.10. The van der Waals surface area contributed by atoms with Crippen LogP contribution >= 0.6 is 0 Å². The van der Waals surface area contributed by atoms with Gasteiger partial charge in [0.15, 0.2) is 0 Å². The molecule has 7 heteroatoms. The van der Waals surface area contributed by atoms with Crippen LogP contribution in [0.3, 0.4) is 0 Å². The second-order valence-corrected chi connectivity index (χ2v) is 3.06. The van der Waals surface area contributed by atoms with Gasteiger partial charge in [-0.1, -0.05) is 0 Å². The van der Waals surface area contributed by atoms with Crippen molar-refractivity contribution in [2.45, 2.75) is 0 Å². The summed E-state index contributed by atoms with van der Waals surface area (Å²) in [5.41, 5.74) is 0. The fourth-order valence-electron chi connectivity index (χ4n) is 1.08. The van der Waals surface area contributed by atoms with Gasteiger partial charge in [-0.3, -0.25) is 19.7 Å². The van der Waals surface area contributed by atoms with E-state index in [1.54, 1.807) is 0 Å². The van der Waals surface area contributed by atoms with Gasteiger partial charge in [-0.25, -0.2) is 0 Å². The fraction of sp³-hybridized carbons (Fsp3) is 0.625. The summed E-state index contributed by atoms with van der Waals surface area (Å²) in [5, 5.41) is 10.2. The third-order valence-corrected chi connectivity index (χ3v) is 1.81. The van der Waals surface area contributed by atoms with Crippen LogP contribution in [0.1, 0.15) is 0 Å². The number of carbonyl (C=O) groups excluding carboxylic acids is 3. The van der Waals surface area contributed by atoms with E-state index in [-0.39, 0.29) is 6.54 Å². The third kappa shape index (κ3) is 4.52. The molecule has 1 rings (SSSR count). The zero-order valence-corrected chi connectivity index (χ0v) is 8.26. The summed E-state index contributed by atoms with van der Waals surface area (Å²) in [4.78, 5) is 33.2. The van der Waals surface area contributed by atoms with E-state index < -0.39 is 17.7 Å².